The van der Waals surface area contributed by atoms with Crippen molar-refractivity contribution in [3.05, 3.63) is 35.1 Å². The molecule has 0 radical (unpaired) electrons. The smallest absolute Gasteiger partial charge is 0.385 e. The van der Waals surface area contributed by atoms with Crippen LogP contribution in [0.1, 0.15) is 24.5 Å². The molecular weight excluding hydrogens is 264 g/mol. The molecule has 1 aliphatic heterocycles. The van der Waals surface area contributed by atoms with Gasteiger partial charge in [-0.05, 0) is 31.0 Å². The van der Waals surface area contributed by atoms with Gasteiger partial charge in [0.25, 0.3) is 0 Å². The number of hydrogen-bond acceptors (Lipinski definition) is 2. The molecule has 19 heavy (non-hydrogen) atoms. The van der Waals surface area contributed by atoms with Crippen molar-refractivity contribution in [1.29, 1.82) is 0 Å². The van der Waals surface area contributed by atoms with E-state index in [1.54, 1.807) is 0 Å². The second-order valence-electron chi connectivity index (χ2n) is 4.90. The third-order valence-electron chi connectivity index (χ3n) is 3.58. The molecule has 0 spiro atoms. The van der Waals surface area contributed by atoms with Crippen LogP contribution in [0.4, 0.5) is 17.6 Å². The summed E-state index contributed by atoms with van der Waals surface area (Å²) in [6.07, 6.45) is -4.21. The Bertz CT molecular complexity index is 462. The summed E-state index contributed by atoms with van der Waals surface area (Å²) >= 11 is 0. The molecule has 2 nitrogen and oxygen atoms in total. The lowest BCUT2D eigenvalue weighted by Gasteiger charge is -2.30. The molecule has 1 fully saturated rings. The topological polar surface area (TPSA) is 29.5 Å². The Morgan fingerprint density at radius 2 is 2.00 bits per heavy atom. The minimum absolute atomic E-state index is 0.0525. The minimum Gasteiger partial charge on any atom is -0.385 e. The van der Waals surface area contributed by atoms with E-state index in [2.05, 4.69) is 0 Å². The van der Waals surface area contributed by atoms with Crippen molar-refractivity contribution < 1.29 is 27.4 Å². The molecule has 1 aliphatic rings. The van der Waals surface area contributed by atoms with Gasteiger partial charge in [0.2, 0.25) is 0 Å². The average molecular weight is 278 g/mol. The van der Waals surface area contributed by atoms with E-state index in [1.165, 1.54) is 13.0 Å². The van der Waals surface area contributed by atoms with E-state index in [4.69, 9.17) is 4.74 Å². The number of benzene rings is 1. The molecule has 2 rings (SSSR count). The van der Waals surface area contributed by atoms with Crippen molar-refractivity contribution in [3.8, 4) is 0 Å². The lowest BCUT2D eigenvalue weighted by molar-refractivity contribution is -0.140. The Morgan fingerprint density at radius 1 is 1.32 bits per heavy atom. The van der Waals surface area contributed by atoms with E-state index in [0.29, 0.717) is 19.1 Å². The van der Waals surface area contributed by atoms with Gasteiger partial charge >= 0.3 is 6.18 Å². The molecule has 2 unspecified atom stereocenters. The van der Waals surface area contributed by atoms with Gasteiger partial charge in [-0.2, -0.15) is 13.2 Å². The summed E-state index contributed by atoms with van der Waals surface area (Å²) in [5, 5.41) is 10.4. The highest BCUT2D eigenvalue weighted by Crippen LogP contribution is 2.38. The molecule has 0 bridgehead atoms. The fourth-order valence-electron chi connectivity index (χ4n) is 2.27. The lowest BCUT2D eigenvalue weighted by atomic mass is 9.82. The van der Waals surface area contributed by atoms with Crippen LogP contribution in [0.3, 0.4) is 0 Å². The van der Waals surface area contributed by atoms with Gasteiger partial charge in [0, 0.05) is 12.5 Å². The summed E-state index contributed by atoms with van der Waals surface area (Å²) in [7, 11) is 0. The molecule has 0 saturated carbocycles. The second-order valence-corrected chi connectivity index (χ2v) is 4.90. The van der Waals surface area contributed by atoms with Gasteiger partial charge in [-0.25, -0.2) is 4.39 Å². The van der Waals surface area contributed by atoms with Crippen LogP contribution in [-0.2, 0) is 16.5 Å². The maximum Gasteiger partial charge on any atom is 0.419 e. The Labute approximate surface area is 108 Å². The Morgan fingerprint density at radius 3 is 2.53 bits per heavy atom. The monoisotopic (exact) mass is 278 g/mol. The first-order valence-corrected chi connectivity index (χ1v) is 5.90. The van der Waals surface area contributed by atoms with Gasteiger partial charge in [0.1, 0.15) is 5.82 Å². The first-order valence-electron chi connectivity index (χ1n) is 5.90. The first kappa shape index (κ1) is 14.3. The zero-order valence-electron chi connectivity index (χ0n) is 10.3. The first-order chi connectivity index (χ1) is 8.73. The van der Waals surface area contributed by atoms with Gasteiger partial charge in [-0.15, -0.1) is 0 Å². The van der Waals surface area contributed by atoms with Crippen molar-refractivity contribution in [1.82, 2.24) is 0 Å². The summed E-state index contributed by atoms with van der Waals surface area (Å²) < 4.78 is 56.3. The summed E-state index contributed by atoms with van der Waals surface area (Å²) in [6.45, 7) is 2.18. The molecule has 1 aromatic carbocycles. The molecular formula is C13H14F4O2. The molecule has 1 heterocycles. The molecule has 106 valence electrons. The molecule has 0 aliphatic carbocycles. The SMILES string of the molecule is CC(O)(c1ccc(F)c(C(F)(F)F)c1)C1CCOC1. The molecule has 6 heteroatoms. The van der Waals surface area contributed by atoms with Crippen LogP contribution in [0.25, 0.3) is 0 Å². The van der Waals surface area contributed by atoms with Crippen LogP contribution in [0.5, 0.6) is 0 Å². The van der Waals surface area contributed by atoms with E-state index >= 15 is 0 Å². The number of halogens is 4. The van der Waals surface area contributed by atoms with Crippen LogP contribution in [0.15, 0.2) is 18.2 Å². The third-order valence-corrected chi connectivity index (χ3v) is 3.58. The van der Waals surface area contributed by atoms with E-state index in [9.17, 15) is 22.7 Å². The predicted molar refractivity (Wildman–Crippen MR) is 59.9 cm³/mol. The molecule has 2 atom stereocenters. The number of rotatable bonds is 2. The average Bonchev–Trinajstić information content (AvgIpc) is 2.81. The van der Waals surface area contributed by atoms with Gasteiger partial charge in [0.05, 0.1) is 17.8 Å². The van der Waals surface area contributed by atoms with Crippen molar-refractivity contribution in [2.75, 3.05) is 13.2 Å². The Balaban J connectivity index is 2.40. The zero-order chi connectivity index (χ0) is 14.3. The van der Waals surface area contributed by atoms with Crippen molar-refractivity contribution in [2.24, 2.45) is 5.92 Å². The molecule has 1 saturated heterocycles. The highest BCUT2D eigenvalue weighted by Gasteiger charge is 2.40. The highest BCUT2D eigenvalue weighted by atomic mass is 19.4. The van der Waals surface area contributed by atoms with E-state index in [0.717, 1.165) is 6.07 Å². The Hall–Kier alpha value is -1.14. The number of hydrogen-bond donors (Lipinski definition) is 1. The molecule has 0 amide bonds. The normalized spacial score (nSPS) is 23.4. The largest absolute Gasteiger partial charge is 0.419 e. The molecule has 1 aromatic rings. The fraction of sp³-hybridized carbons (Fsp3) is 0.538. The van der Waals surface area contributed by atoms with E-state index in [1.807, 2.05) is 0 Å². The zero-order valence-corrected chi connectivity index (χ0v) is 10.3. The van der Waals surface area contributed by atoms with Gasteiger partial charge < -0.3 is 9.84 Å². The van der Waals surface area contributed by atoms with Crippen molar-refractivity contribution in [2.45, 2.75) is 25.1 Å². The number of aliphatic hydroxyl groups is 1. The maximum absolute atomic E-state index is 13.2. The number of alkyl halides is 3. The van der Waals surface area contributed by atoms with Crippen molar-refractivity contribution in [3.63, 3.8) is 0 Å². The third kappa shape index (κ3) is 2.74. The summed E-state index contributed by atoms with van der Waals surface area (Å²) in [5.74, 6) is -1.63. The minimum atomic E-state index is -4.78. The predicted octanol–water partition coefficient (Wildman–Crippen LogP) is 3.09. The van der Waals surface area contributed by atoms with E-state index in [-0.39, 0.29) is 18.1 Å². The maximum atomic E-state index is 13.2. The second kappa shape index (κ2) is 4.76. The van der Waals surface area contributed by atoms with E-state index < -0.39 is 23.2 Å². The standard InChI is InChI=1S/C13H14F4O2/c1-12(18,9-4-5-19-7-9)8-2-3-11(14)10(6-8)13(15,16)17/h2-3,6,9,18H,4-5,7H2,1H3. The Kier molecular flexibility index (Phi) is 3.57. The van der Waals surface area contributed by atoms with Crippen molar-refractivity contribution >= 4 is 0 Å². The summed E-state index contributed by atoms with van der Waals surface area (Å²) in [4.78, 5) is 0. The molecule has 1 N–H and O–H groups in total. The van der Waals surface area contributed by atoms with Crippen LogP contribution in [-0.4, -0.2) is 18.3 Å². The number of ether oxygens (including phenoxy) is 1. The highest BCUT2D eigenvalue weighted by molar-refractivity contribution is 5.31. The molecule has 0 aromatic heterocycles. The van der Waals surface area contributed by atoms with Gasteiger partial charge in [0.15, 0.2) is 0 Å². The quantitative estimate of drug-likeness (QED) is 0.842. The summed E-state index contributed by atoms with van der Waals surface area (Å²) in [6, 6.07) is 2.60. The van der Waals surface area contributed by atoms with Gasteiger partial charge in [-0.1, -0.05) is 6.07 Å². The lowest BCUT2D eigenvalue weighted by Crippen LogP contribution is -2.32. The fourth-order valence-corrected chi connectivity index (χ4v) is 2.27. The summed E-state index contributed by atoms with van der Waals surface area (Å²) in [5.41, 5.74) is -2.77. The van der Waals surface area contributed by atoms with Crippen LogP contribution in [0.2, 0.25) is 0 Å². The van der Waals surface area contributed by atoms with Crippen LogP contribution >= 0.6 is 0 Å². The van der Waals surface area contributed by atoms with Gasteiger partial charge in [-0.3, -0.25) is 0 Å². The van der Waals surface area contributed by atoms with Crippen LogP contribution in [0, 0.1) is 11.7 Å². The van der Waals surface area contributed by atoms with Crippen LogP contribution < -0.4 is 0 Å².